The van der Waals surface area contributed by atoms with Crippen molar-refractivity contribution in [1.29, 1.82) is 0 Å². The molecular formula is C30H24BrClN2O5S. The minimum absolute atomic E-state index is 0.233. The summed E-state index contributed by atoms with van der Waals surface area (Å²) < 4.78 is 19.6. The third-order valence-electron chi connectivity index (χ3n) is 6.41. The molecule has 0 saturated heterocycles. The van der Waals surface area contributed by atoms with Crippen LogP contribution in [0.25, 0.3) is 6.08 Å². The van der Waals surface area contributed by atoms with E-state index in [1.54, 1.807) is 31.2 Å². The molecule has 0 aliphatic carbocycles. The van der Waals surface area contributed by atoms with Crippen molar-refractivity contribution in [3.05, 3.63) is 124 Å². The van der Waals surface area contributed by atoms with Gasteiger partial charge in [-0.3, -0.25) is 9.36 Å². The summed E-state index contributed by atoms with van der Waals surface area (Å²) in [7, 11) is 2.82. The van der Waals surface area contributed by atoms with Gasteiger partial charge in [-0.1, -0.05) is 69.2 Å². The van der Waals surface area contributed by atoms with Gasteiger partial charge >= 0.3 is 5.97 Å². The molecule has 2 heterocycles. The van der Waals surface area contributed by atoms with Crippen molar-refractivity contribution in [3.8, 4) is 11.5 Å². The van der Waals surface area contributed by atoms with E-state index in [9.17, 15) is 9.59 Å². The Morgan fingerprint density at radius 1 is 1.10 bits per heavy atom. The summed E-state index contributed by atoms with van der Waals surface area (Å²) >= 11 is 11.1. The molecule has 0 spiro atoms. The molecule has 0 amide bonds. The van der Waals surface area contributed by atoms with Gasteiger partial charge in [-0.25, -0.2) is 9.79 Å². The summed E-state index contributed by atoms with van der Waals surface area (Å²) in [4.78, 5) is 32.0. The lowest BCUT2D eigenvalue weighted by atomic mass is 9.95. The highest BCUT2D eigenvalue weighted by Gasteiger charge is 2.35. The molecule has 204 valence electrons. The fourth-order valence-electron chi connectivity index (χ4n) is 4.55. The number of methoxy groups -OCH3 is 2. The van der Waals surface area contributed by atoms with Gasteiger partial charge < -0.3 is 14.2 Å². The third kappa shape index (κ3) is 5.50. The van der Waals surface area contributed by atoms with Gasteiger partial charge in [0.15, 0.2) is 4.80 Å². The van der Waals surface area contributed by atoms with E-state index in [1.165, 1.54) is 30.1 Å². The summed E-state index contributed by atoms with van der Waals surface area (Å²) in [5, 5.41) is 0.436. The normalized spacial score (nSPS) is 14.9. The molecule has 0 bridgehead atoms. The number of ether oxygens (including phenoxy) is 3. The first-order valence-corrected chi connectivity index (χ1v) is 14.2. The van der Waals surface area contributed by atoms with Gasteiger partial charge in [0.2, 0.25) is 0 Å². The molecule has 1 atom stereocenters. The topological polar surface area (TPSA) is 79.1 Å². The summed E-state index contributed by atoms with van der Waals surface area (Å²) in [6.45, 7) is 2.10. The van der Waals surface area contributed by atoms with Crippen molar-refractivity contribution in [2.45, 2.75) is 19.6 Å². The number of hydrogen-bond donors (Lipinski definition) is 0. The molecule has 1 aromatic heterocycles. The Morgan fingerprint density at radius 3 is 2.58 bits per heavy atom. The molecule has 4 aromatic rings. The van der Waals surface area contributed by atoms with Crippen LogP contribution in [-0.2, 0) is 16.1 Å². The predicted octanol–water partition coefficient (Wildman–Crippen LogP) is 5.41. The van der Waals surface area contributed by atoms with Gasteiger partial charge in [-0.05, 0) is 55.0 Å². The van der Waals surface area contributed by atoms with Gasteiger partial charge in [0.05, 0.1) is 30.0 Å². The van der Waals surface area contributed by atoms with Crippen molar-refractivity contribution in [2.75, 3.05) is 14.2 Å². The first-order chi connectivity index (χ1) is 19.3. The predicted molar refractivity (Wildman–Crippen MR) is 159 cm³/mol. The number of thiazole rings is 1. The maximum absolute atomic E-state index is 14.0. The van der Waals surface area contributed by atoms with E-state index in [0.717, 1.165) is 15.6 Å². The minimum Gasteiger partial charge on any atom is -0.496 e. The van der Waals surface area contributed by atoms with E-state index < -0.39 is 12.0 Å². The molecule has 40 heavy (non-hydrogen) atoms. The van der Waals surface area contributed by atoms with Crippen LogP contribution >= 0.6 is 38.9 Å². The lowest BCUT2D eigenvalue weighted by Gasteiger charge is -2.25. The molecule has 3 aromatic carbocycles. The fourth-order valence-corrected chi connectivity index (χ4v) is 6.14. The highest BCUT2D eigenvalue weighted by molar-refractivity contribution is 9.10. The zero-order chi connectivity index (χ0) is 28.4. The van der Waals surface area contributed by atoms with E-state index in [1.807, 2.05) is 48.5 Å². The lowest BCUT2D eigenvalue weighted by Crippen LogP contribution is -2.40. The summed E-state index contributed by atoms with van der Waals surface area (Å²) in [6.07, 6.45) is 1.78. The van der Waals surface area contributed by atoms with Crippen LogP contribution in [0.3, 0.4) is 0 Å². The molecule has 0 unspecified atom stereocenters. The highest BCUT2D eigenvalue weighted by Crippen LogP contribution is 2.37. The van der Waals surface area contributed by atoms with Crippen molar-refractivity contribution >= 4 is 50.9 Å². The molecule has 0 radical (unpaired) electrons. The number of carbonyl (C=O) groups excluding carboxylic acids is 1. The molecule has 10 heteroatoms. The second kappa shape index (κ2) is 11.8. The Labute approximate surface area is 247 Å². The van der Waals surface area contributed by atoms with E-state index in [4.69, 9.17) is 25.8 Å². The molecular weight excluding hydrogens is 616 g/mol. The van der Waals surface area contributed by atoms with Gasteiger partial charge in [0.25, 0.3) is 5.56 Å². The standard InChI is InChI=1S/C30H24BrClN2O5S/c1-17-26(29(36)38-3)27(22-15-21(32)10-12-24(22)37-2)34-28(35)25(40-30(34)33-17)14-19-13-20(31)9-11-23(19)39-16-18-7-5-4-6-8-18/h4-15,27H,16H2,1-3H3/b25-14-/t27-/m1/s1. The zero-order valence-corrected chi connectivity index (χ0v) is 25.0. The highest BCUT2D eigenvalue weighted by atomic mass is 79.9. The minimum atomic E-state index is -0.851. The molecule has 1 aliphatic heterocycles. The molecule has 1 aliphatic rings. The van der Waals surface area contributed by atoms with Crippen LogP contribution in [-0.4, -0.2) is 24.8 Å². The quantitative estimate of drug-likeness (QED) is 0.253. The van der Waals surface area contributed by atoms with Crippen LogP contribution in [0.15, 0.2) is 92.3 Å². The van der Waals surface area contributed by atoms with Crippen LogP contribution in [0.2, 0.25) is 5.02 Å². The lowest BCUT2D eigenvalue weighted by molar-refractivity contribution is -0.136. The number of aromatic nitrogens is 1. The average molecular weight is 640 g/mol. The van der Waals surface area contributed by atoms with Crippen molar-refractivity contribution < 1.29 is 19.0 Å². The smallest absolute Gasteiger partial charge is 0.338 e. The number of hydrogen-bond acceptors (Lipinski definition) is 7. The van der Waals surface area contributed by atoms with Gasteiger partial charge in [0, 0.05) is 20.6 Å². The fraction of sp³-hybridized carbons (Fsp3) is 0.167. The number of allylic oxidation sites excluding steroid dienone is 1. The van der Waals surface area contributed by atoms with Crippen LogP contribution in [0.4, 0.5) is 0 Å². The first-order valence-electron chi connectivity index (χ1n) is 12.2. The number of nitrogens with zero attached hydrogens (tertiary/aromatic N) is 2. The molecule has 0 fully saturated rings. The average Bonchev–Trinajstić information content (AvgIpc) is 3.25. The van der Waals surface area contributed by atoms with E-state index in [2.05, 4.69) is 20.9 Å². The largest absolute Gasteiger partial charge is 0.496 e. The number of benzene rings is 3. The SMILES string of the molecule is COC(=O)C1=C(C)N=c2s/c(=C\c3cc(Br)ccc3OCc3ccccc3)c(=O)n2[C@@H]1c1cc(Cl)ccc1OC. The van der Waals surface area contributed by atoms with Gasteiger partial charge in [-0.2, -0.15) is 0 Å². The summed E-state index contributed by atoms with van der Waals surface area (Å²) in [6, 6.07) is 19.7. The maximum atomic E-state index is 14.0. The van der Waals surface area contributed by atoms with E-state index >= 15 is 0 Å². The van der Waals surface area contributed by atoms with Crippen molar-refractivity contribution in [2.24, 2.45) is 4.99 Å². The van der Waals surface area contributed by atoms with E-state index in [0.29, 0.717) is 43.7 Å². The van der Waals surface area contributed by atoms with Crippen molar-refractivity contribution in [3.63, 3.8) is 0 Å². The number of esters is 1. The summed E-state index contributed by atoms with van der Waals surface area (Å²) in [5.41, 5.74) is 2.65. The number of halogens is 2. The Morgan fingerprint density at radius 2 is 1.85 bits per heavy atom. The number of rotatable bonds is 7. The van der Waals surface area contributed by atoms with Crippen molar-refractivity contribution in [1.82, 2.24) is 4.57 Å². The number of fused-ring (bicyclic) bond motifs is 1. The third-order valence-corrected chi connectivity index (χ3v) is 8.12. The maximum Gasteiger partial charge on any atom is 0.338 e. The van der Waals surface area contributed by atoms with Crippen LogP contribution in [0, 0.1) is 0 Å². The molecule has 7 nitrogen and oxygen atoms in total. The van der Waals surface area contributed by atoms with Crippen LogP contribution < -0.4 is 24.4 Å². The molecule has 0 N–H and O–H groups in total. The Hall–Kier alpha value is -3.66. The second-order valence-electron chi connectivity index (χ2n) is 8.92. The van der Waals surface area contributed by atoms with E-state index in [-0.39, 0.29) is 11.1 Å². The first kappa shape index (κ1) is 27.9. The Bertz CT molecular complexity index is 1810. The van der Waals surface area contributed by atoms with Crippen LogP contribution in [0.5, 0.6) is 11.5 Å². The molecule has 0 saturated carbocycles. The van der Waals surface area contributed by atoms with Gasteiger partial charge in [0.1, 0.15) is 24.1 Å². The Kier molecular flexibility index (Phi) is 8.25. The number of carbonyl (C=O) groups is 1. The Balaban J connectivity index is 1.68. The van der Waals surface area contributed by atoms with Crippen LogP contribution in [0.1, 0.15) is 29.7 Å². The molecule has 5 rings (SSSR count). The second-order valence-corrected chi connectivity index (χ2v) is 11.3. The summed E-state index contributed by atoms with van der Waals surface area (Å²) in [5.74, 6) is 0.507. The zero-order valence-electron chi connectivity index (χ0n) is 21.8. The van der Waals surface area contributed by atoms with Gasteiger partial charge in [-0.15, -0.1) is 0 Å². The monoisotopic (exact) mass is 638 g/mol.